The Kier molecular flexibility index (Phi) is 7.38. The Morgan fingerprint density at radius 2 is 1.50 bits per heavy atom. The van der Waals surface area contributed by atoms with Gasteiger partial charge in [-0.05, 0) is 19.8 Å². The summed E-state index contributed by atoms with van der Waals surface area (Å²) >= 11 is 3.21. The topological polar surface area (TPSA) is 52.6 Å². The van der Waals surface area contributed by atoms with Crippen molar-refractivity contribution in [3.05, 3.63) is 0 Å². The molecule has 0 aliphatic heterocycles. The molecule has 0 bridgehead atoms. The fraction of sp³-hybridized carbons (Fsp3) is 0.818. The van der Waals surface area contributed by atoms with Crippen molar-refractivity contribution in [1.82, 2.24) is 0 Å². The largest absolute Gasteiger partial charge is 0.466 e. The quantitative estimate of drug-likeness (QED) is 0.556. The standard InChI is InChI=1S/C11H19BrO4/c1-5-15-10(13)8(7(3)4)9(12)11(14)16-6-2/h7-9H,5-6H2,1-4H3. The van der Waals surface area contributed by atoms with Gasteiger partial charge in [-0.3, -0.25) is 9.59 Å². The zero-order chi connectivity index (χ0) is 12.7. The summed E-state index contributed by atoms with van der Waals surface area (Å²) in [5.74, 6) is -1.30. The molecule has 94 valence electrons. The Morgan fingerprint density at radius 3 is 1.88 bits per heavy atom. The normalized spacial score (nSPS) is 14.4. The van der Waals surface area contributed by atoms with Crippen LogP contribution >= 0.6 is 15.9 Å². The molecular formula is C11H19BrO4. The summed E-state index contributed by atoms with van der Waals surface area (Å²) in [5, 5.41) is 0. The van der Waals surface area contributed by atoms with E-state index in [1.807, 2.05) is 13.8 Å². The Labute approximate surface area is 105 Å². The molecule has 0 aliphatic rings. The van der Waals surface area contributed by atoms with Crippen molar-refractivity contribution in [3.63, 3.8) is 0 Å². The fourth-order valence-electron chi connectivity index (χ4n) is 1.34. The van der Waals surface area contributed by atoms with E-state index in [2.05, 4.69) is 15.9 Å². The van der Waals surface area contributed by atoms with Crippen LogP contribution < -0.4 is 0 Å². The van der Waals surface area contributed by atoms with Crippen molar-refractivity contribution in [2.45, 2.75) is 32.5 Å². The second kappa shape index (κ2) is 7.65. The second-order valence-corrected chi connectivity index (χ2v) is 4.66. The molecule has 0 saturated heterocycles. The first-order chi connectivity index (χ1) is 7.45. The van der Waals surface area contributed by atoms with Crippen LogP contribution in [0.5, 0.6) is 0 Å². The molecule has 2 unspecified atom stereocenters. The van der Waals surface area contributed by atoms with Crippen molar-refractivity contribution in [1.29, 1.82) is 0 Å². The zero-order valence-electron chi connectivity index (χ0n) is 10.2. The summed E-state index contributed by atoms with van der Waals surface area (Å²) < 4.78 is 9.81. The molecule has 0 fully saturated rings. The molecule has 0 aliphatic carbocycles. The van der Waals surface area contributed by atoms with Crippen LogP contribution in [0.3, 0.4) is 0 Å². The number of halogens is 1. The third-order valence-electron chi connectivity index (χ3n) is 2.10. The van der Waals surface area contributed by atoms with Gasteiger partial charge in [-0.1, -0.05) is 29.8 Å². The van der Waals surface area contributed by atoms with E-state index in [-0.39, 0.29) is 11.9 Å². The Morgan fingerprint density at radius 1 is 1.06 bits per heavy atom. The van der Waals surface area contributed by atoms with E-state index in [1.54, 1.807) is 13.8 Å². The van der Waals surface area contributed by atoms with Crippen LogP contribution in [-0.4, -0.2) is 30.0 Å². The molecule has 5 heteroatoms. The highest BCUT2D eigenvalue weighted by atomic mass is 79.9. The van der Waals surface area contributed by atoms with Gasteiger partial charge in [0.05, 0.1) is 19.1 Å². The lowest BCUT2D eigenvalue weighted by Gasteiger charge is -2.22. The first-order valence-electron chi connectivity index (χ1n) is 5.42. The highest BCUT2D eigenvalue weighted by molar-refractivity contribution is 9.10. The highest BCUT2D eigenvalue weighted by Gasteiger charge is 2.36. The summed E-state index contributed by atoms with van der Waals surface area (Å²) in [4.78, 5) is 22.5. The lowest BCUT2D eigenvalue weighted by Crippen LogP contribution is -2.36. The minimum atomic E-state index is -0.647. The Balaban J connectivity index is 4.64. The molecule has 0 rings (SSSR count). The van der Waals surface area contributed by atoms with E-state index in [4.69, 9.17) is 9.47 Å². The van der Waals surface area contributed by atoms with Crippen LogP contribution in [0.4, 0.5) is 0 Å². The SMILES string of the molecule is CCOC(=O)C(Br)C(C(=O)OCC)C(C)C. The van der Waals surface area contributed by atoms with Crippen molar-refractivity contribution in [2.24, 2.45) is 11.8 Å². The molecule has 0 N–H and O–H groups in total. The predicted octanol–water partition coefficient (Wildman–Crippen LogP) is 2.15. The smallest absolute Gasteiger partial charge is 0.320 e. The van der Waals surface area contributed by atoms with Gasteiger partial charge in [0.15, 0.2) is 0 Å². The second-order valence-electron chi connectivity index (χ2n) is 3.68. The number of carbonyl (C=O) groups excluding carboxylic acids is 2. The van der Waals surface area contributed by atoms with Crippen molar-refractivity contribution in [3.8, 4) is 0 Å². The van der Waals surface area contributed by atoms with Crippen molar-refractivity contribution >= 4 is 27.9 Å². The molecule has 0 aromatic heterocycles. The third kappa shape index (κ3) is 4.51. The summed E-state index contributed by atoms with van der Waals surface area (Å²) in [6, 6.07) is 0. The van der Waals surface area contributed by atoms with Gasteiger partial charge in [0.25, 0.3) is 0 Å². The van der Waals surface area contributed by atoms with Crippen LogP contribution in [0.2, 0.25) is 0 Å². The first kappa shape index (κ1) is 15.4. The molecule has 0 heterocycles. The molecule has 0 spiro atoms. The number of carbonyl (C=O) groups is 2. The highest BCUT2D eigenvalue weighted by Crippen LogP contribution is 2.24. The maximum atomic E-state index is 11.7. The van der Waals surface area contributed by atoms with E-state index in [0.29, 0.717) is 13.2 Å². The predicted molar refractivity (Wildman–Crippen MR) is 64.3 cm³/mol. The maximum absolute atomic E-state index is 11.7. The molecule has 0 saturated carbocycles. The van der Waals surface area contributed by atoms with E-state index in [9.17, 15) is 9.59 Å². The van der Waals surface area contributed by atoms with Crippen LogP contribution in [-0.2, 0) is 19.1 Å². The minimum absolute atomic E-state index is 0.00725. The molecule has 16 heavy (non-hydrogen) atoms. The number of hydrogen-bond acceptors (Lipinski definition) is 4. The third-order valence-corrected chi connectivity index (χ3v) is 3.05. The molecule has 0 radical (unpaired) electrons. The Hall–Kier alpha value is -0.580. The van der Waals surface area contributed by atoms with Gasteiger partial charge in [-0.25, -0.2) is 0 Å². The van der Waals surface area contributed by atoms with Gasteiger partial charge >= 0.3 is 11.9 Å². The monoisotopic (exact) mass is 294 g/mol. The van der Waals surface area contributed by atoms with Crippen LogP contribution in [0.25, 0.3) is 0 Å². The number of rotatable bonds is 6. The van der Waals surface area contributed by atoms with Crippen molar-refractivity contribution < 1.29 is 19.1 Å². The lowest BCUT2D eigenvalue weighted by molar-refractivity contribution is -0.155. The summed E-state index contributed by atoms with van der Waals surface area (Å²) in [5.41, 5.74) is 0. The summed E-state index contributed by atoms with van der Waals surface area (Å²) in [6.07, 6.45) is 0. The van der Waals surface area contributed by atoms with Crippen LogP contribution in [0.15, 0.2) is 0 Å². The van der Waals surface area contributed by atoms with E-state index in [1.165, 1.54) is 0 Å². The molecule has 0 aromatic carbocycles. The fourth-order valence-corrected chi connectivity index (χ4v) is 2.29. The van der Waals surface area contributed by atoms with Gasteiger partial charge in [-0.2, -0.15) is 0 Å². The van der Waals surface area contributed by atoms with Gasteiger partial charge in [0, 0.05) is 0 Å². The van der Waals surface area contributed by atoms with Crippen molar-refractivity contribution in [2.75, 3.05) is 13.2 Å². The maximum Gasteiger partial charge on any atom is 0.320 e. The number of alkyl halides is 1. The van der Waals surface area contributed by atoms with Gasteiger partial charge in [0.2, 0.25) is 0 Å². The van der Waals surface area contributed by atoms with Gasteiger partial charge < -0.3 is 9.47 Å². The Bertz CT molecular complexity index is 240. The molecular weight excluding hydrogens is 276 g/mol. The van der Waals surface area contributed by atoms with E-state index >= 15 is 0 Å². The number of hydrogen-bond donors (Lipinski definition) is 0. The number of ether oxygens (including phenoxy) is 2. The average Bonchev–Trinajstić information content (AvgIpc) is 2.17. The van der Waals surface area contributed by atoms with Gasteiger partial charge in [-0.15, -0.1) is 0 Å². The van der Waals surface area contributed by atoms with E-state index < -0.39 is 16.7 Å². The first-order valence-corrected chi connectivity index (χ1v) is 6.34. The zero-order valence-corrected chi connectivity index (χ0v) is 11.7. The summed E-state index contributed by atoms with van der Waals surface area (Å²) in [7, 11) is 0. The number of esters is 2. The molecule has 0 amide bonds. The van der Waals surface area contributed by atoms with Gasteiger partial charge in [0.1, 0.15) is 4.83 Å². The molecule has 0 aromatic rings. The van der Waals surface area contributed by atoms with Crippen LogP contribution in [0, 0.1) is 11.8 Å². The molecule has 2 atom stereocenters. The lowest BCUT2D eigenvalue weighted by atomic mass is 9.92. The average molecular weight is 295 g/mol. The minimum Gasteiger partial charge on any atom is -0.466 e. The summed E-state index contributed by atoms with van der Waals surface area (Å²) in [6.45, 7) is 7.82. The molecule has 4 nitrogen and oxygen atoms in total. The van der Waals surface area contributed by atoms with Crippen LogP contribution in [0.1, 0.15) is 27.7 Å². The van der Waals surface area contributed by atoms with E-state index in [0.717, 1.165) is 0 Å².